The summed E-state index contributed by atoms with van der Waals surface area (Å²) in [6, 6.07) is 6.37. The number of aliphatic hydroxyl groups excluding tert-OH is 2. The molecule has 1 saturated carbocycles. The Labute approximate surface area is 125 Å². The molecule has 1 saturated heterocycles. The zero-order chi connectivity index (χ0) is 15.2. The highest BCUT2D eigenvalue weighted by atomic mass is 32.2. The smallest absolute Gasteiger partial charge is 0.243 e. The van der Waals surface area contributed by atoms with Crippen LogP contribution >= 0.6 is 0 Å². The largest absolute Gasteiger partial charge is 0.393 e. The van der Waals surface area contributed by atoms with Crippen LogP contribution in [0.3, 0.4) is 0 Å². The fraction of sp³-hybridized carbons (Fsp3) is 0.600. The Balaban J connectivity index is 1.81. The van der Waals surface area contributed by atoms with Gasteiger partial charge >= 0.3 is 0 Å². The highest BCUT2D eigenvalue weighted by molar-refractivity contribution is 7.89. The highest BCUT2D eigenvalue weighted by Gasteiger charge is 2.45. The molecule has 1 aromatic rings. The molecule has 1 aliphatic carbocycles. The van der Waals surface area contributed by atoms with Crippen LogP contribution in [0.1, 0.15) is 31.4 Å². The van der Waals surface area contributed by atoms with E-state index in [9.17, 15) is 18.6 Å². The van der Waals surface area contributed by atoms with Gasteiger partial charge in [0.05, 0.1) is 17.1 Å². The maximum atomic E-state index is 12.6. The van der Waals surface area contributed by atoms with Crippen molar-refractivity contribution in [3.8, 4) is 0 Å². The molecule has 21 heavy (non-hydrogen) atoms. The zero-order valence-electron chi connectivity index (χ0n) is 12.0. The number of aliphatic hydroxyl groups is 2. The monoisotopic (exact) mass is 311 g/mol. The molecule has 1 aromatic carbocycles. The van der Waals surface area contributed by atoms with Crippen molar-refractivity contribution in [3.63, 3.8) is 0 Å². The Bertz CT molecular complexity index is 611. The Morgan fingerprint density at radius 2 is 1.86 bits per heavy atom. The van der Waals surface area contributed by atoms with Gasteiger partial charge in [0.15, 0.2) is 0 Å². The van der Waals surface area contributed by atoms with Gasteiger partial charge in [0.25, 0.3) is 0 Å². The molecule has 0 spiro atoms. The summed E-state index contributed by atoms with van der Waals surface area (Å²) in [4.78, 5) is 0.251. The Morgan fingerprint density at radius 3 is 2.43 bits per heavy atom. The minimum Gasteiger partial charge on any atom is -0.393 e. The van der Waals surface area contributed by atoms with Crippen molar-refractivity contribution in [1.82, 2.24) is 4.31 Å². The SMILES string of the molecule is CC(O)c1ccc(S(=O)(=O)N2CC3CCC(O)C3C2)cc1. The molecule has 1 aliphatic heterocycles. The first-order chi connectivity index (χ1) is 9.89. The van der Waals surface area contributed by atoms with Crippen LogP contribution in [0.4, 0.5) is 0 Å². The fourth-order valence-electron chi connectivity index (χ4n) is 3.46. The van der Waals surface area contributed by atoms with Crippen LogP contribution < -0.4 is 0 Å². The molecule has 0 amide bonds. The van der Waals surface area contributed by atoms with E-state index in [2.05, 4.69) is 0 Å². The van der Waals surface area contributed by atoms with E-state index in [1.54, 1.807) is 31.2 Å². The number of hydrogen-bond donors (Lipinski definition) is 2. The second-order valence-electron chi connectivity index (χ2n) is 6.14. The van der Waals surface area contributed by atoms with E-state index in [1.165, 1.54) is 4.31 Å². The first-order valence-electron chi connectivity index (χ1n) is 7.36. The van der Waals surface area contributed by atoms with E-state index in [-0.39, 0.29) is 22.8 Å². The Hall–Kier alpha value is -0.950. The van der Waals surface area contributed by atoms with Gasteiger partial charge in [-0.1, -0.05) is 12.1 Å². The van der Waals surface area contributed by atoms with E-state index in [0.29, 0.717) is 18.7 Å². The van der Waals surface area contributed by atoms with Gasteiger partial charge < -0.3 is 10.2 Å². The fourth-order valence-corrected chi connectivity index (χ4v) is 4.99. The minimum absolute atomic E-state index is 0.0801. The lowest BCUT2D eigenvalue weighted by Crippen LogP contribution is -2.31. The van der Waals surface area contributed by atoms with E-state index >= 15 is 0 Å². The van der Waals surface area contributed by atoms with E-state index in [4.69, 9.17) is 0 Å². The average molecular weight is 311 g/mol. The van der Waals surface area contributed by atoms with Crippen molar-refractivity contribution in [2.75, 3.05) is 13.1 Å². The van der Waals surface area contributed by atoms with Gasteiger partial charge in [0.1, 0.15) is 0 Å². The lowest BCUT2D eigenvalue weighted by molar-refractivity contribution is 0.129. The van der Waals surface area contributed by atoms with Crippen LogP contribution in [-0.2, 0) is 10.0 Å². The van der Waals surface area contributed by atoms with Gasteiger partial charge in [-0.2, -0.15) is 4.31 Å². The topological polar surface area (TPSA) is 77.8 Å². The number of benzene rings is 1. The lowest BCUT2D eigenvalue weighted by atomic mass is 10.00. The van der Waals surface area contributed by atoms with Gasteiger partial charge in [-0.15, -0.1) is 0 Å². The molecule has 0 aromatic heterocycles. The Kier molecular flexibility index (Phi) is 3.81. The summed E-state index contributed by atoms with van der Waals surface area (Å²) in [6.07, 6.45) is 0.710. The first-order valence-corrected chi connectivity index (χ1v) is 8.80. The van der Waals surface area contributed by atoms with Crippen molar-refractivity contribution in [2.24, 2.45) is 11.8 Å². The molecule has 1 heterocycles. The molecule has 3 rings (SSSR count). The molecular formula is C15H21NO4S. The molecule has 4 unspecified atom stereocenters. The maximum absolute atomic E-state index is 12.6. The van der Waals surface area contributed by atoms with Crippen molar-refractivity contribution in [1.29, 1.82) is 0 Å². The number of rotatable bonds is 3. The number of fused-ring (bicyclic) bond motifs is 1. The molecule has 2 N–H and O–H groups in total. The van der Waals surface area contributed by atoms with Gasteiger partial charge in [-0.3, -0.25) is 0 Å². The van der Waals surface area contributed by atoms with E-state index < -0.39 is 16.1 Å². The third-order valence-electron chi connectivity index (χ3n) is 4.79. The molecule has 5 nitrogen and oxygen atoms in total. The van der Waals surface area contributed by atoms with Crippen molar-refractivity contribution < 1.29 is 18.6 Å². The van der Waals surface area contributed by atoms with Crippen molar-refractivity contribution in [2.45, 2.75) is 36.9 Å². The second-order valence-corrected chi connectivity index (χ2v) is 8.07. The van der Waals surface area contributed by atoms with Crippen molar-refractivity contribution >= 4 is 10.0 Å². The minimum atomic E-state index is -3.51. The lowest BCUT2D eigenvalue weighted by Gasteiger charge is -2.18. The summed E-state index contributed by atoms with van der Waals surface area (Å²) < 4.78 is 26.8. The van der Waals surface area contributed by atoms with Crippen LogP contribution in [0.2, 0.25) is 0 Å². The van der Waals surface area contributed by atoms with Crippen LogP contribution in [0.5, 0.6) is 0 Å². The van der Waals surface area contributed by atoms with Crippen LogP contribution in [-0.4, -0.2) is 42.1 Å². The normalized spacial score (nSPS) is 31.3. The summed E-state index contributed by atoms with van der Waals surface area (Å²) >= 11 is 0. The standard InChI is InChI=1S/C15H21NO4S/c1-10(17)11-2-5-13(6-3-11)21(19,20)16-8-12-4-7-15(18)14(12)9-16/h2-3,5-6,10,12,14-15,17-18H,4,7-9H2,1H3. The summed E-state index contributed by atoms with van der Waals surface area (Å²) in [5.74, 6) is 0.364. The third-order valence-corrected chi connectivity index (χ3v) is 6.63. The van der Waals surface area contributed by atoms with Crippen molar-refractivity contribution in [3.05, 3.63) is 29.8 Å². The highest BCUT2D eigenvalue weighted by Crippen LogP contribution is 2.40. The maximum Gasteiger partial charge on any atom is 0.243 e. The quantitative estimate of drug-likeness (QED) is 0.877. The van der Waals surface area contributed by atoms with Crippen LogP contribution in [0.25, 0.3) is 0 Å². The van der Waals surface area contributed by atoms with Crippen LogP contribution in [0.15, 0.2) is 29.2 Å². The molecular weight excluding hydrogens is 290 g/mol. The molecule has 2 aliphatic rings. The van der Waals surface area contributed by atoms with E-state index in [1.807, 2.05) is 0 Å². The summed E-state index contributed by atoms with van der Waals surface area (Å²) in [5, 5.41) is 19.4. The molecule has 0 bridgehead atoms. The predicted molar refractivity (Wildman–Crippen MR) is 78.1 cm³/mol. The Morgan fingerprint density at radius 1 is 1.19 bits per heavy atom. The predicted octanol–water partition coefficient (Wildman–Crippen LogP) is 1.13. The molecule has 0 radical (unpaired) electrons. The first kappa shape index (κ1) is 15.0. The zero-order valence-corrected chi connectivity index (χ0v) is 12.8. The molecule has 4 atom stereocenters. The van der Waals surface area contributed by atoms with Crippen LogP contribution in [0, 0.1) is 11.8 Å². The van der Waals surface area contributed by atoms with Gasteiger partial charge in [-0.25, -0.2) is 8.42 Å². The van der Waals surface area contributed by atoms with Gasteiger partial charge in [-0.05, 0) is 43.4 Å². The number of sulfonamides is 1. The number of nitrogens with zero attached hydrogens (tertiary/aromatic N) is 1. The molecule has 116 valence electrons. The summed E-state index contributed by atoms with van der Waals surface area (Å²) in [5.41, 5.74) is 0.697. The molecule has 6 heteroatoms. The van der Waals surface area contributed by atoms with Gasteiger partial charge in [0.2, 0.25) is 10.0 Å². The third kappa shape index (κ3) is 2.61. The summed E-state index contributed by atoms with van der Waals surface area (Å²) in [7, 11) is -3.51. The summed E-state index contributed by atoms with van der Waals surface area (Å²) in [6.45, 7) is 2.56. The second kappa shape index (κ2) is 5.35. The van der Waals surface area contributed by atoms with Gasteiger partial charge in [0, 0.05) is 19.0 Å². The number of hydrogen-bond acceptors (Lipinski definition) is 4. The molecule has 2 fully saturated rings. The van der Waals surface area contributed by atoms with E-state index in [0.717, 1.165) is 12.8 Å². The average Bonchev–Trinajstić information content (AvgIpc) is 3.02.